The van der Waals surface area contributed by atoms with Crippen molar-refractivity contribution >= 4 is 0 Å². The Hall–Kier alpha value is -0.860. The summed E-state index contributed by atoms with van der Waals surface area (Å²) in [5, 5.41) is 3.79. The standard InChI is InChI=1S/C17H26N2/c1-19-16-9-10-17(19)13-15(12-16)18-11-5-8-14-6-3-2-4-7-14/h2-4,6-7,15-18H,5,8-13H2,1H3. The maximum absolute atomic E-state index is 3.79. The average molecular weight is 258 g/mol. The van der Waals surface area contributed by atoms with Gasteiger partial charge in [-0.2, -0.15) is 0 Å². The maximum Gasteiger partial charge on any atom is 0.0111 e. The maximum atomic E-state index is 3.79. The molecule has 0 saturated carbocycles. The summed E-state index contributed by atoms with van der Waals surface area (Å²) >= 11 is 0. The van der Waals surface area contributed by atoms with E-state index in [-0.39, 0.29) is 0 Å². The van der Waals surface area contributed by atoms with Crippen LogP contribution in [-0.4, -0.2) is 36.6 Å². The van der Waals surface area contributed by atoms with Crippen molar-refractivity contribution in [1.29, 1.82) is 0 Å². The van der Waals surface area contributed by atoms with Crippen molar-refractivity contribution in [2.24, 2.45) is 0 Å². The SMILES string of the molecule is CN1C2CCC1CC(NCCCc1ccccc1)C2. The Morgan fingerprint density at radius 3 is 2.47 bits per heavy atom. The number of nitrogens with one attached hydrogen (secondary N) is 1. The summed E-state index contributed by atoms with van der Waals surface area (Å²) in [6.07, 6.45) is 8.02. The van der Waals surface area contributed by atoms with Crippen LogP contribution in [0.4, 0.5) is 0 Å². The molecule has 2 unspecified atom stereocenters. The third-order valence-electron chi connectivity index (χ3n) is 5.02. The largest absolute Gasteiger partial charge is 0.314 e. The van der Waals surface area contributed by atoms with Gasteiger partial charge in [-0.3, -0.25) is 0 Å². The van der Waals surface area contributed by atoms with E-state index in [0.717, 1.165) is 18.1 Å². The average Bonchev–Trinajstić information content (AvgIpc) is 2.67. The molecule has 2 saturated heterocycles. The molecule has 0 radical (unpaired) electrons. The molecule has 2 bridgehead atoms. The first kappa shape index (κ1) is 13.1. The van der Waals surface area contributed by atoms with Crippen molar-refractivity contribution in [2.45, 2.75) is 56.7 Å². The molecule has 0 aliphatic carbocycles. The summed E-state index contributed by atoms with van der Waals surface area (Å²) in [5.41, 5.74) is 1.47. The molecule has 0 spiro atoms. The normalized spacial score (nSPS) is 30.7. The minimum Gasteiger partial charge on any atom is -0.314 e. The number of rotatable bonds is 5. The van der Waals surface area contributed by atoms with Gasteiger partial charge in [0, 0.05) is 18.1 Å². The van der Waals surface area contributed by atoms with Crippen molar-refractivity contribution in [3.63, 3.8) is 0 Å². The third kappa shape index (κ3) is 3.18. The Morgan fingerprint density at radius 1 is 1.11 bits per heavy atom. The van der Waals surface area contributed by atoms with E-state index in [1.165, 1.54) is 50.6 Å². The zero-order chi connectivity index (χ0) is 13.1. The molecule has 1 N–H and O–H groups in total. The predicted molar refractivity (Wildman–Crippen MR) is 80.4 cm³/mol. The lowest BCUT2D eigenvalue weighted by Crippen LogP contribution is -2.47. The Balaban J connectivity index is 1.37. The fraction of sp³-hybridized carbons (Fsp3) is 0.647. The van der Waals surface area contributed by atoms with Crippen LogP contribution in [0.15, 0.2) is 30.3 Å². The van der Waals surface area contributed by atoms with Crippen LogP contribution in [0.25, 0.3) is 0 Å². The number of aryl methyl sites for hydroxylation is 1. The van der Waals surface area contributed by atoms with Crippen LogP contribution in [0, 0.1) is 0 Å². The highest BCUT2D eigenvalue weighted by Crippen LogP contribution is 2.34. The number of benzene rings is 1. The summed E-state index contributed by atoms with van der Waals surface area (Å²) in [6, 6.07) is 13.3. The van der Waals surface area contributed by atoms with Crippen molar-refractivity contribution < 1.29 is 0 Å². The lowest BCUT2D eigenvalue weighted by atomic mass is 9.98. The predicted octanol–water partition coefficient (Wildman–Crippen LogP) is 2.83. The van der Waals surface area contributed by atoms with Gasteiger partial charge in [-0.15, -0.1) is 0 Å². The van der Waals surface area contributed by atoms with Gasteiger partial charge in [-0.1, -0.05) is 30.3 Å². The molecule has 2 aliphatic heterocycles. The second-order valence-electron chi connectivity index (χ2n) is 6.26. The zero-order valence-electron chi connectivity index (χ0n) is 12.0. The molecule has 2 aliphatic rings. The number of hydrogen-bond donors (Lipinski definition) is 1. The van der Waals surface area contributed by atoms with Gasteiger partial charge in [-0.25, -0.2) is 0 Å². The smallest absolute Gasteiger partial charge is 0.0111 e. The molecule has 2 nitrogen and oxygen atoms in total. The quantitative estimate of drug-likeness (QED) is 0.817. The van der Waals surface area contributed by atoms with Crippen molar-refractivity contribution in [3.05, 3.63) is 35.9 Å². The molecule has 2 heteroatoms. The number of fused-ring (bicyclic) bond motifs is 2. The van der Waals surface area contributed by atoms with Gasteiger partial charge in [0.1, 0.15) is 0 Å². The van der Waals surface area contributed by atoms with E-state index in [1.54, 1.807) is 0 Å². The summed E-state index contributed by atoms with van der Waals surface area (Å²) in [4.78, 5) is 2.61. The van der Waals surface area contributed by atoms with Crippen LogP contribution < -0.4 is 5.32 Å². The molecule has 0 aromatic heterocycles. The van der Waals surface area contributed by atoms with Gasteiger partial charge < -0.3 is 10.2 Å². The molecular weight excluding hydrogens is 232 g/mol. The first-order valence-electron chi connectivity index (χ1n) is 7.82. The molecule has 2 atom stereocenters. The Bertz CT molecular complexity index is 376. The topological polar surface area (TPSA) is 15.3 Å². The second kappa shape index (κ2) is 6.06. The molecule has 104 valence electrons. The molecule has 1 aromatic rings. The van der Waals surface area contributed by atoms with E-state index in [4.69, 9.17) is 0 Å². The first-order chi connectivity index (χ1) is 9.33. The zero-order valence-corrected chi connectivity index (χ0v) is 12.0. The van der Waals surface area contributed by atoms with Crippen molar-refractivity contribution in [3.8, 4) is 0 Å². The Morgan fingerprint density at radius 2 is 1.79 bits per heavy atom. The highest BCUT2D eigenvalue weighted by molar-refractivity contribution is 5.14. The summed E-state index contributed by atoms with van der Waals surface area (Å²) in [7, 11) is 2.31. The summed E-state index contributed by atoms with van der Waals surface area (Å²) in [5.74, 6) is 0. The van der Waals surface area contributed by atoms with Gasteiger partial charge in [-0.05, 0) is 57.7 Å². The highest BCUT2D eigenvalue weighted by atomic mass is 15.2. The summed E-state index contributed by atoms with van der Waals surface area (Å²) < 4.78 is 0. The van der Waals surface area contributed by atoms with Crippen molar-refractivity contribution in [1.82, 2.24) is 10.2 Å². The van der Waals surface area contributed by atoms with E-state index >= 15 is 0 Å². The Kier molecular flexibility index (Phi) is 4.19. The first-order valence-corrected chi connectivity index (χ1v) is 7.82. The van der Waals surface area contributed by atoms with Gasteiger partial charge >= 0.3 is 0 Å². The third-order valence-corrected chi connectivity index (χ3v) is 5.02. The molecule has 3 rings (SSSR count). The lowest BCUT2D eigenvalue weighted by Gasteiger charge is -2.36. The van der Waals surface area contributed by atoms with E-state index in [1.807, 2.05) is 0 Å². The summed E-state index contributed by atoms with van der Waals surface area (Å²) in [6.45, 7) is 1.17. The van der Waals surface area contributed by atoms with Crippen LogP contribution in [-0.2, 0) is 6.42 Å². The minimum absolute atomic E-state index is 0.768. The molecular formula is C17H26N2. The van der Waals surface area contributed by atoms with Crippen LogP contribution in [0.5, 0.6) is 0 Å². The van der Waals surface area contributed by atoms with Gasteiger partial charge in [0.2, 0.25) is 0 Å². The van der Waals surface area contributed by atoms with Crippen LogP contribution in [0.3, 0.4) is 0 Å². The number of piperidine rings is 1. The monoisotopic (exact) mass is 258 g/mol. The lowest BCUT2D eigenvalue weighted by molar-refractivity contribution is 0.149. The van der Waals surface area contributed by atoms with E-state index in [2.05, 4.69) is 47.6 Å². The van der Waals surface area contributed by atoms with E-state index in [9.17, 15) is 0 Å². The van der Waals surface area contributed by atoms with Gasteiger partial charge in [0.25, 0.3) is 0 Å². The van der Waals surface area contributed by atoms with Crippen molar-refractivity contribution in [2.75, 3.05) is 13.6 Å². The molecule has 19 heavy (non-hydrogen) atoms. The number of nitrogens with zero attached hydrogens (tertiary/aromatic N) is 1. The molecule has 1 aromatic carbocycles. The van der Waals surface area contributed by atoms with Crippen LogP contribution in [0.1, 0.15) is 37.7 Å². The van der Waals surface area contributed by atoms with Gasteiger partial charge in [0.05, 0.1) is 0 Å². The van der Waals surface area contributed by atoms with Crippen LogP contribution in [0.2, 0.25) is 0 Å². The molecule has 2 heterocycles. The fourth-order valence-corrected chi connectivity index (χ4v) is 3.82. The molecule has 2 fully saturated rings. The van der Waals surface area contributed by atoms with Gasteiger partial charge in [0.15, 0.2) is 0 Å². The highest BCUT2D eigenvalue weighted by Gasteiger charge is 2.37. The Labute approximate surface area is 117 Å². The van der Waals surface area contributed by atoms with Crippen LogP contribution >= 0.6 is 0 Å². The molecule has 0 amide bonds. The minimum atomic E-state index is 0.768. The fourth-order valence-electron chi connectivity index (χ4n) is 3.82. The second-order valence-corrected chi connectivity index (χ2v) is 6.26. The van der Waals surface area contributed by atoms with E-state index < -0.39 is 0 Å². The van der Waals surface area contributed by atoms with E-state index in [0.29, 0.717) is 0 Å². The number of hydrogen-bond acceptors (Lipinski definition) is 2.